The van der Waals surface area contributed by atoms with Crippen LogP contribution >= 0.6 is 12.4 Å². The number of hydrogen-bond acceptors (Lipinski definition) is 3. The average molecular weight is 248 g/mol. The van der Waals surface area contributed by atoms with Gasteiger partial charge in [-0.25, -0.2) is 0 Å². The highest BCUT2D eigenvalue weighted by molar-refractivity contribution is 5.85. The van der Waals surface area contributed by atoms with Gasteiger partial charge in [0, 0.05) is 18.1 Å². The number of rotatable bonds is 2. The van der Waals surface area contributed by atoms with Gasteiger partial charge in [0.25, 0.3) is 0 Å². The SMILES string of the molecule is CN1CCC(NC2CCC(N)CC2)CC1.Cl. The quantitative estimate of drug-likeness (QED) is 0.775. The zero-order chi connectivity index (χ0) is 10.7. The molecule has 96 valence electrons. The second-order valence-electron chi connectivity index (χ2n) is 5.36. The van der Waals surface area contributed by atoms with Gasteiger partial charge in [-0.1, -0.05) is 0 Å². The van der Waals surface area contributed by atoms with Crippen molar-refractivity contribution in [3.8, 4) is 0 Å². The molecule has 16 heavy (non-hydrogen) atoms. The van der Waals surface area contributed by atoms with Crippen LogP contribution in [-0.4, -0.2) is 43.2 Å². The van der Waals surface area contributed by atoms with Crippen molar-refractivity contribution in [2.75, 3.05) is 20.1 Å². The second-order valence-corrected chi connectivity index (χ2v) is 5.36. The zero-order valence-electron chi connectivity index (χ0n) is 10.3. The van der Waals surface area contributed by atoms with Crippen molar-refractivity contribution < 1.29 is 0 Å². The van der Waals surface area contributed by atoms with E-state index in [4.69, 9.17) is 5.73 Å². The summed E-state index contributed by atoms with van der Waals surface area (Å²) in [5.41, 5.74) is 5.91. The molecule has 0 aromatic heterocycles. The van der Waals surface area contributed by atoms with Gasteiger partial charge in [-0.3, -0.25) is 0 Å². The summed E-state index contributed by atoms with van der Waals surface area (Å²) >= 11 is 0. The van der Waals surface area contributed by atoms with E-state index in [1.54, 1.807) is 0 Å². The lowest BCUT2D eigenvalue weighted by Crippen LogP contribution is -2.47. The van der Waals surface area contributed by atoms with Crippen LogP contribution in [0.5, 0.6) is 0 Å². The summed E-state index contributed by atoms with van der Waals surface area (Å²) in [7, 11) is 2.22. The lowest BCUT2D eigenvalue weighted by atomic mass is 9.90. The Balaban J connectivity index is 0.00000128. The molecule has 0 bridgehead atoms. The Morgan fingerprint density at radius 2 is 1.44 bits per heavy atom. The van der Waals surface area contributed by atoms with Crippen LogP contribution in [0.1, 0.15) is 38.5 Å². The van der Waals surface area contributed by atoms with Gasteiger partial charge < -0.3 is 16.0 Å². The summed E-state index contributed by atoms with van der Waals surface area (Å²) in [4.78, 5) is 2.43. The first-order valence-corrected chi connectivity index (χ1v) is 6.44. The average Bonchev–Trinajstić information content (AvgIpc) is 2.25. The first-order valence-electron chi connectivity index (χ1n) is 6.44. The number of halogens is 1. The molecule has 0 aromatic rings. The Kier molecular flexibility index (Phi) is 6.05. The van der Waals surface area contributed by atoms with Gasteiger partial charge in [-0.15, -0.1) is 12.4 Å². The number of hydrogen-bond donors (Lipinski definition) is 2. The highest BCUT2D eigenvalue weighted by atomic mass is 35.5. The lowest BCUT2D eigenvalue weighted by Gasteiger charge is -2.35. The van der Waals surface area contributed by atoms with E-state index in [0.29, 0.717) is 6.04 Å². The minimum absolute atomic E-state index is 0. The summed E-state index contributed by atoms with van der Waals surface area (Å²) in [6.45, 7) is 2.51. The highest BCUT2D eigenvalue weighted by Crippen LogP contribution is 2.19. The van der Waals surface area contributed by atoms with Gasteiger partial charge in [0.1, 0.15) is 0 Å². The molecule has 0 atom stereocenters. The fraction of sp³-hybridized carbons (Fsp3) is 1.00. The van der Waals surface area contributed by atoms with Crippen molar-refractivity contribution in [1.82, 2.24) is 10.2 Å². The summed E-state index contributed by atoms with van der Waals surface area (Å²) in [5, 5.41) is 3.82. The Morgan fingerprint density at radius 1 is 0.938 bits per heavy atom. The van der Waals surface area contributed by atoms with E-state index in [1.807, 2.05) is 0 Å². The fourth-order valence-corrected chi connectivity index (χ4v) is 2.79. The third-order valence-electron chi connectivity index (χ3n) is 3.96. The van der Waals surface area contributed by atoms with Gasteiger partial charge in [0.05, 0.1) is 0 Å². The molecule has 1 aliphatic heterocycles. The molecule has 3 nitrogen and oxygen atoms in total. The molecule has 0 spiro atoms. The van der Waals surface area contributed by atoms with Gasteiger partial charge in [0.15, 0.2) is 0 Å². The van der Waals surface area contributed by atoms with Crippen molar-refractivity contribution in [3.63, 3.8) is 0 Å². The summed E-state index contributed by atoms with van der Waals surface area (Å²) in [6, 6.07) is 1.99. The molecule has 1 saturated heterocycles. The summed E-state index contributed by atoms with van der Waals surface area (Å²) in [6.07, 6.45) is 7.63. The summed E-state index contributed by atoms with van der Waals surface area (Å²) < 4.78 is 0. The first kappa shape index (κ1) is 14.2. The molecule has 1 heterocycles. The Bertz CT molecular complexity index is 165. The molecule has 1 saturated carbocycles. The Hall–Kier alpha value is 0.170. The Morgan fingerprint density at radius 3 is 2.00 bits per heavy atom. The topological polar surface area (TPSA) is 41.3 Å². The molecular formula is C12H26ClN3. The maximum absolute atomic E-state index is 5.91. The largest absolute Gasteiger partial charge is 0.328 e. The molecule has 3 N–H and O–H groups in total. The lowest BCUT2D eigenvalue weighted by molar-refractivity contribution is 0.210. The minimum atomic E-state index is 0. The van der Waals surface area contributed by atoms with Crippen LogP contribution in [-0.2, 0) is 0 Å². The van der Waals surface area contributed by atoms with Crippen molar-refractivity contribution in [3.05, 3.63) is 0 Å². The number of nitrogens with two attached hydrogens (primary N) is 1. The number of piperidine rings is 1. The van der Waals surface area contributed by atoms with Crippen LogP contribution in [0.25, 0.3) is 0 Å². The second kappa shape index (κ2) is 6.80. The van der Waals surface area contributed by atoms with E-state index < -0.39 is 0 Å². The molecular weight excluding hydrogens is 222 g/mol. The molecule has 0 aromatic carbocycles. The molecule has 4 heteroatoms. The standard InChI is InChI=1S/C12H25N3.ClH/c1-15-8-6-12(7-9-15)14-11-4-2-10(13)3-5-11;/h10-12,14H,2-9,13H2,1H3;1H. The molecule has 0 radical (unpaired) electrons. The van der Waals surface area contributed by atoms with Crippen LogP contribution in [0.4, 0.5) is 0 Å². The fourth-order valence-electron chi connectivity index (χ4n) is 2.79. The molecule has 0 unspecified atom stereocenters. The number of nitrogens with one attached hydrogen (secondary N) is 1. The van der Waals surface area contributed by atoms with Gasteiger partial charge in [-0.2, -0.15) is 0 Å². The molecule has 2 rings (SSSR count). The van der Waals surface area contributed by atoms with Crippen LogP contribution < -0.4 is 11.1 Å². The zero-order valence-corrected chi connectivity index (χ0v) is 11.1. The third kappa shape index (κ3) is 4.21. The molecule has 2 fully saturated rings. The van der Waals surface area contributed by atoms with E-state index in [0.717, 1.165) is 12.1 Å². The van der Waals surface area contributed by atoms with Gasteiger partial charge in [-0.05, 0) is 58.7 Å². The van der Waals surface area contributed by atoms with E-state index in [-0.39, 0.29) is 12.4 Å². The van der Waals surface area contributed by atoms with Gasteiger partial charge in [0.2, 0.25) is 0 Å². The smallest absolute Gasteiger partial charge is 0.00939 e. The van der Waals surface area contributed by atoms with E-state index in [1.165, 1.54) is 51.6 Å². The van der Waals surface area contributed by atoms with E-state index >= 15 is 0 Å². The Labute approximate surface area is 106 Å². The van der Waals surface area contributed by atoms with E-state index in [2.05, 4.69) is 17.3 Å². The predicted molar refractivity (Wildman–Crippen MR) is 71.1 cm³/mol. The van der Waals surface area contributed by atoms with Crippen molar-refractivity contribution in [2.24, 2.45) is 5.73 Å². The van der Waals surface area contributed by atoms with Crippen LogP contribution in [0, 0.1) is 0 Å². The minimum Gasteiger partial charge on any atom is -0.328 e. The highest BCUT2D eigenvalue weighted by Gasteiger charge is 2.23. The van der Waals surface area contributed by atoms with Gasteiger partial charge >= 0.3 is 0 Å². The van der Waals surface area contributed by atoms with Crippen LogP contribution in [0.3, 0.4) is 0 Å². The maximum Gasteiger partial charge on any atom is 0.00939 e. The van der Waals surface area contributed by atoms with Crippen molar-refractivity contribution in [1.29, 1.82) is 0 Å². The molecule has 0 amide bonds. The monoisotopic (exact) mass is 247 g/mol. The maximum atomic E-state index is 5.91. The van der Waals surface area contributed by atoms with Crippen LogP contribution in [0.2, 0.25) is 0 Å². The normalized spacial score (nSPS) is 33.4. The molecule has 2 aliphatic rings. The van der Waals surface area contributed by atoms with Crippen molar-refractivity contribution >= 4 is 12.4 Å². The first-order chi connectivity index (χ1) is 7.24. The van der Waals surface area contributed by atoms with Crippen LogP contribution in [0.15, 0.2) is 0 Å². The van der Waals surface area contributed by atoms with Crippen molar-refractivity contribution in [2.45, 2.75) is 56.7 Å². The summed E-state index contributed by atoms with van der Waals surface area (Å²) in [5.74, 6) is 0. The number of nitrogens with zero attached hydrogens (tertiary/aromatic N) is 1. The molecule has 1 aliphatic carbocycles. The third-order valence-corrected chi connectivity index (χ3v) is 3.96. The van der Waals surface area contributed by atoms with E-state index in [9.17, 15) is 0 Å². The number of likely N-dealkylation sites (tertiary alicyclic amines) is 1. The predicted octanol–water partition coefficient (Wildman–Crippen LogP) is 1.36.